The largest absolute Gasteiger partial charge is 0.387 e. The molecular formula is C16H13FN2OS. The van der Waals surface area contributed by atoms with Crippen LogP contribution in [-0.4, -0.2) is 14.5 Å². The summed E-state index contributed by atoms with van der Waals surface area (Å²) in [6.45, 7) is 0. The summed E-state index contributed by atoms with van der Waals surface area (Å²) in [5.74, 6) is -0.271. The Morgan fingerprint density at radius 1 is 1.10 bits per heavy atom. The summed E-state index contributed by atoms with van der Waals surface area (Å²) in [6, 6.07) is 11.8. The predicted molar refractivity (Wildman–Crippen MR) is 80.4 cm³/mol. The van der Waals surface area contributed by atoms with E-state index in [-0.39, 0.29) is 5.82 Å². The summed E-state index contributed by atoms with van der Waals surface area (Å²) in [5, 5.41) is 10.3. The van der Waals surface area contributed by atoms with Crippen LogP contribution >= 0.6 is 11.5 Å². The molecule has 0 saturated heterocycles. The fourth-order valence-electron chi connectivity index (χ4n) is 2.05. The second-order valence-electron chi connectivity index (χ2n) is 4.70. The van der Waals surface area contributed by atoms with E-state index < -0.39 is 6.10 Å². The van der Waals surface area contributed by atoms with Crippen LogP contribution in [0.5, 0.6) is 0 Å². The number of aliphatic hydroxyl groups excluding tert-OH is 1. The first-order chi connectivity index (χ1) is 10.2. The lowest BCUT2D eigenvalue weighted by Gasteiger charge is -2.07. The maximum atomic E-state index is 12.9. The first-order valence-electron chi connectivity index (χ1n) is 6.52. The number of aliphatic hydroxyl groups is 1. The third-order valence-corrected chi connectivity index (χ3v) is 4.06. The molecule has 1 atom stereocenters. The number of pyridine rings is 1. The number of nitrogens with zero attached hydrogens (tertiary/aromatic N) is 2. The van der Waals surface area contributed by atoms with E-state index in [1.807, 2.05) is 18.2 Å². The molecule has 5 heteroatoms. The molecule has 106 valence electrons. The highest BCUT2D eigenvalue weighted by Gasteiger charge is 2.13. The van der Waals surface area contributed by atoms with Gasteiger partial charge in [0.15, 0.2) is 0 Å². The van der Waals surface area contributed by atoms with Crippen LogP contribution < -0.4 is 0 Å². The highest BCUT2D eigenvalue weighted by atomic mass is 32.1. The molecule has 0 aliphatic rings. The topological polar surface area (TPSA) is 46.0 Å². The van der Waals surface area contributed by atoms with E-state index in [0.29, 0.717) is 6.42 Å². The average molecular weight is 300 g/mol. The van der Waals surface area contributed by atoms with Crippen molar-refractivity contribution in [1.29, 1.82) is 0 Å². The molecular weight excluding hydrogens is 287 g/mol. The highest BCUT2D eigenvalue weighted by molar-refractivity contribution is 7.06. The van der Waals surface area contributed by atoms with Gasteiger partial charge in [0.2, 0.25) is 0 Å². The molecule has 2 aromatic heterocycles. The van der Waals surface area contributed by atoms with Gasteiger partial charge in [-0.1, -0.05) is 0 Å². The van der Waals surface area contributed by atoms with Gasteiger partial charge in [-0.2, -0.15) is 4.37 Å². The fraction of sp³-hybridized carbons (Fsp3) is 0.125. The van der Waals surface area contributed by atoms with E-state index in [4.69, 9.17) is 0 Å². The van der Waals surface area contributed by atoms with Crippen LogP contribution in [0.3, 0.4) is 0 Å². The smallest absolute Gasteiger partial charge is 0.123 e. The van der Waals surface area contributed by atoms with Crippen LogP contribution in [0, 0.1) is 5.82 Å². The van der Waals surface area contributed by atoms with Crippen molar-refractivity contribution >= 4 is 11.5 Å². The Labute approximate surface area is 125 Å². The molecule has 3 aromatic rings. The summed E-state index contributed by atoms with van der Waals surface area (Å²) < 4.78 is 17.2. The van der Waals surface area contributed by atoms with Gasteiger partial charge in [-0.05, 0) is 59.6 Å². The van der Waals surface area contributed by atoms with E-state index >= 15 is 0 Å². The molecule has 0 aliphatic heterocycles. The lowest BCUT2D eigenvalue weighted by Crippen LogP contribution is -1.99. The standard InChI is InChI=1S/C16H13FN2OS/c17-13-3-1-12(2-4-13)14-10-16(21-19-14)15(20)9-11-5-7-18-8-6-11/h1-8,10,15,20H,9H2. The number of halogens is 1. The Kier molecular flexibility index (Phi) is 4.03. The zero-order valence-electron chi connectivity index (χ0n) is 11.1. The fourth-order valence-corrected chi connectivity index (χ4v) is 2.78. The Balaban J connectivity index is 1.76. The third-order valence-electron chi connectivity index (χ3n) is 3.18. The van der Waals surface area contributed by atoms with Gasteiger partial charge in [0.1, 0.15) is 5.82 Å². The molecule has 0 bridgehead atoms. The van der Waals surface area contributed by atoms with Crippen molar-refractivity contribution in [3.63, 3.8) is 0 Å². The van der Waals surface area contributed by atoms with Crippen molar-refractivity contribution in [3.8, 4) is 11.3 Å². The van der Waals surface area contributed by atoms with Crippen LogP contribution in [0.4, 0.5) is 4.39 Å². The van der Waals surface area contributed by atoms with Gasteiger partial charge in [-0.25, -0.2) is 4.39 Å². The van der Waals surface area contributed by atoms with Gasteiger partial charge in [0.25, 0.3) is 0 Å². The van der Waals surface area contributed by atoms with Crippen molar-refractivity contribution in [1.82, 2.24) is 9.36 Å². The lowest BCUT2D eigenvalue weighted by atomic mass is 10.1. The molecule has 21 heavy (non-hydrogen) atoms. The average Bonchev–Trinajstić information content (AvgIpc) is 2.99. The van der Waals surface area contributed by atoms with E-state index in [9.17, 15) is 9.50 Å². The predicted octanol–water partition coefficient (Wildman–Crippen LogP) is 3.62. The zero-order chi connectivity index (χ0) is 14.7. The molecule has 0 saturated carbocycles. The van der Waals surface area contributed by atoms with Crippen LogP contribution in [0.2, 0.25) is 0 Å². The highest BCUT2D eigenvalue weighted by Crippen LogP contribution is 2.28. The normalized spacial score (nSPS) is 12.3. The first-order valence-corrected chi connectivity index (χ1v) is 7.29. The zero-order valence-corrected chi connectivity index (χ0v) is 11.9. The number of hydrogen-bond donors (Lipinski definition) is 1. The molecule has 1 N–H and O–H groups in total. The van der Waals surface area contributed by atoms with Gasteiger partial charge >= 0.3 is 0 Å². The first kappa shape index (κ1) is 13.9. The SMILES string of the molecule is OC(Cc1ccncc1)c1cc(-c2ccc(F)cc2)ns1. The van der Waals surface area contributed by atoms with Crippen LogP contribution in [0.1, 0.15) is 16.5 Å². The Bertz CT molecular complexity index is 713. The van der Waals surface area contributed by atoms with E-state index in [1.54, 1.807) is 24.5 Å². The van der Waals surface area contributed by atoms with Crippen molar-refractivity contribution in [3.05, 3.63) is 71.1 Å². The monoisotopic (exact) mass is 300 g/mol. The molecule has 3 nitrogen and oxygen atoms in total. The summed E-state index contributed by atoms with van der Waals surface area (Å²) in [6.07, 6.45) is 3.34. The molecule has 2 heterocycles. The second-order valence-corrected chi connectivity index (χ2v) is 5.53. The van der Waals surface area contributed by atoms with Crippen LogP contribution in [-0.2, 0) is 6.42 Å². The van der Waals surface area contributed by atoms with E-state index in [2.05, 4.69) is 9.36 Å². The summed E-state index contributed by atoms with van der Waals surface area (Å²) in [7, 11) is 0. The van der Waals surface area contributed by atoms with Crippen molar-refractivity contribution in [2.75, 3.05) is 0 Å². The third kappa shape index (κ3) is 3.32. The minimum Gasteiger partial charge on any atom is -0.387 e. The van der Waals surface area contributed by atoms with Gasteiger partial charge in [-0.15, -0.1) is 0 Å². The molecule has 0 spiro atoms. The van der Waals surface area contributed by atoms with Crippen LogP contribution in [0.15, 0.2) is 54.9 Å². The van der Waals surface area contributed by atoms with E-state index in [0.717, 1.165) is 21.7 Å². The molecule has 0 fully saturated rings. The lowest BCUT2D eigenvalue weighted by molar-refractivity contribution is 0.182. The van der Waals surface area contributed by atoms with Crippen molar-refractivity contribution in [2.24, 2.45) is 0 Å². The molecule has 0 amide bonds. The quantitative estimate of drug-likeness (QED) is 0.800. The van der Waals surface area contributed by atoms with Gasteiger partial charge in [0.05, 0.1) is 16.7 Å². The van der Waals surface area contributed by atoms with Crippen LogP contribution in [0.25, 0.3) is 11.3 Å². The van der Waals surface area contributed by atoms with Gasteiger partial charge < -0.3 is 5.11 Å². The Morgan fingerprint density at radius 2 is 1.81 bits per heavy atom. The molecule has 0 aliphatic carbocycles. The minimum atomic E-state index is -0.598. The molecule has 3 rings (SSSR count). The van der Waals surface area contributed by atoms with Crippen molar-refractivity contribution < 1.29 is 9.50 Å². The number of aromatic nitrogens is 2. The van der Waals surface area contributed by atoms with Gasteiger partial charge in [0, 0.05) is 24.4 Å². The summed E-state index contributed by atoms with van der Waals surface area (Å²) >= 11 is 1.27. The van der Waals surface area contributed by atoms with Gasteiger partial charge in [-0.3, -0.25) is 4.98 Å². The maximum absolute atomic E-state index is 12.9. The molecule has 0 radical (unpaired) electrons. The van der Waals surface area contributed by atoms with E-state index in [1.165, 1.54) is 23.7 Å². The minimum absolute atomic E-state index is 0.271. The number of rotatable bonds is 4. The molecule has 1 unspecified atom stereocenters. The summed E-state index contributed by atoms with van der Waals surface area (Å²) in [5.41, 5.74) is 2.62. The number of hydrogen-bond acceptors (Lipinski definition) is 4. The second kappa shape index (κ2) is 6.11. The van der Waals surface area contributed by atoms with Crippen molar-refractivity contribution in [2.45, 2.75) is 12.5 Å². The Hall–Kier alpha value is -2.11. The summed E-state index contributed by atoms with van der Waals surface area (Å²) in [4.78, 5) is 4.75. The number of benzene rings is 1. The molecule has 1 aromatic carbocycles. The maximum Gasteiger partial charge on any atom is 0.123 e. The Morgan fingerprint density at radius 3 is 2.52 bits per heavy atom.